The predicted octanol–water partition coefficient (Wildman–Crippen LogP) is 2.08. The van der Waals surface area contributed by atoms with Crippen molar-refractivity contribution in [1.82, 2.24) is 15.4 Å². The number of carbonyl (C=O) groups excluding carboxylic acids is 2. The van der Waals surface area contributed by atoms with Gasteiger partial charge in [0.15, 0.2) is 0 Å². The second kappa shape index (κ2) is 7.56. The van der Waals surface area contributed by atoms with Crippen LogP contribution in [0.25, 0.3) is 0 Å². The molecule has 5 atom stereocenters. The molecule has 0 spiro atoms. The van der Waals surface area contributed by atoms with Gasteiger partial charge in [-0.05, 0) is 51.9 Å². The smallest absolute Gasteiger partial charge is 0.246 e. The molecule has 1 aliphatic heterocycles. The van der Waals surface area contributed by atoms with Crippen molar-refractivity contribution in [2.45, 2.75) is 91.1 Å². The average Bonchev–Trinajstić information content (AvgIpc) is 2.99. The molecule has 5 fully saturated rings. The van der Waals surface area contributed by atoms with Gasteiger partial charge in [-0.1, -0.05) is 11.9 Å². The van der Waals surface area contributed by atoms with E-state index in [9.17, 15) is 9.59 Å². The lowest BCUT2D eigenvalue weighted by Crippen LogP contribution is -2.84. The summed E-state index contributed by atoms with van der Waals surface area (Å²) in [5.41, 5.74) is -0.257. The fraction of sp³-hybridized carbons (Fsp3) is 0.889. The second-order valence-electron chi connectivity index (χ2n) is 8.77. The average molecular weight is 436 g/mol. The van der Waals surface area contributed by atoms with Crippen LogP contribution in [0.5, 0.6) is 0 Å². The lowest BCUT2D eigenvalue weighted by atomic mass is 9.44. The molecule has 5 unspecified atom stereocenters. The van der Waals surface area contributed by atoms with Crippen LogP contribution in [-0.2, 0) is 14.3 Å². The molecule has 5 aliphatic rings. The van der Waals surface area contributed by atoms with Gasteiger partial charge < -0.3 is 15.4 Å². The minimum Gasteiger partial charge on any atom is -0.368 e. The summed E-state index contributed by atoms with van der Waals surface area (Å²) in [5.74, 6) is 0.0310. The van der Waals surface area contributed by atoms with E-state index in [4.69, 9.17) is 27.9 Å². The SMILES string of the molecule is CC1CC(C(=O)NC23CC(NC(=O)COC4CCC(Cl)C(Cl)C4)(C2)C3)SN1. The first-order valence-electron chi connectivity index (χ1n) is 9.72. The van der Waals surface area contributed by atoms with Crippen LogP contribution >= 0.6 is 35.1 Å². The normalized spacial score (nSPS) is 45.5. The van der Waals surface area contributed by atoms with Crippen LogP contribution in [0, 0.1) is 0 Å². The van der Waals surface area contributed by atoms with E-state index in [0.717, 1.165) is 38.5 Å². The number of ether oxygens (including phenoxy) is 1. The van der Waals surface area contributed by atoms with Crippen LogP contribution in [0.1, 0.15) is 51.9 Å². The van der Waals surface area contributed by atoms with Crippen molar-refractivity contribution in [1.29, 1.82) is 0 Å². The number of nitrogens with one attached hydrogen (secondary N) is 3. The Hall–Kier alpha value is -0.210. The van der Waals surface area contributed by atoms with Gasteiger partial charge in [0.05, 0.1) is 22.1 Å². The maximum atomic E-state index is 12.4. The second-order valence-corrected chi connectivity index (χ2v) is 10.9. The van der Waals surface area contributed by atoms with Crippen molar-refractivity contribution in [3.05, 3.63) is 0 Å². The summed E-state index contributed by atoms with van der Waals surface area (Å²) in [6.45, 7) is 2.15. The highest BCUT2D eigenvalue weighted by atomic mass is 35.5. The molecule has 6 nitrogen and oxygen atoms in total. The van der Waals surface area contributed by atoms with Crippen LogP contribution in [0.4, 0.5) is 0 Å². The van der Waals surface area contributed by atoms with Gasteiger partial charge in [0.25, 0.3) is 0 Å². The van der Waals surface area contributed by atoms with Crippen molar-refractivity contribution >= 4 is 47.0 Å². The van der Waals surface area contributed by atoms with E-state index in [2.05, 4.69) is 22.3 Å². The number of amides is 2. The number of rotatable bonds is 6. The van der Waals surface area contributed by atoms with E-state index in [1.54, 1.807) is 0 Å². The molecular weight excluding hydrogens is 409 g/mol. The first-order chi connectivity index (χ1) is 12.8. The Balaban J connectivity index is 1.15. The Kier molecular flexibility index (Phi) is 5.62. The summed E-state index contributed by atoms with van der Waals surface area (Å²) < 4.78 is 8.96. The number of carbonyl (C=O) groups is 2. The largest absolute Gasteiger partial charge is 0.368 e. The van der Waals surface area contributed by atoms with Gasteiger partial charge in [0.2, 0.25) is 11.8 Å². The molecule has 0 aromatic carbocycles. The van der Waals surface area contributed by atoms with Crippen molar-refractivity contribution in [3.63, 3.8) is 0 Å². The quantitative estimate of drug-likeness (QED) is 0.439. The zero-order valence-electron chi connectivity index (χ0n) is 15.4. The Labute approximate surface area is 174 Å². The van der Waals surface area contributed by atoms with Crippen LogP contribution < -0.4 is 15.4 Å². The Morgan fingerprint density at radius 1 is 1.11 bits per heavy atom. The van der Waals surface area contributed by atoms with Crippen LogP contribution in [0.2, 0.25) is 0 Å². The number of alkyl halides is 2. The van der Waals surface area contributed by atoms with Gasteiger partial charge in [0, 0.05) is 17.1 Å². The fourth-order valence-electron chi connectivity index (χ4n) is 4.89. The lowest BCUT2D eigenvalue weighted by molar-refractivity contribution is -0.152. The molecular formula is C18H27Cl2N3O3S. The summed E-state index contributed by atoms with van der Waals surface area (Å²) in [6, 6.07) is 0.373. The number of hydrogen-bond acceptors (Lipinski definition) is 5. The fourth-order valence-corrected chi connectivity index (χ4v) is 6.49. The summed E-state index contributed by atoms with van der Waals surface area (Å²) >= 11 is 13.8. The lowest BCUT2D eigenvalue weighted by Gasteiger charge is -2.70. The van der Waals surface area contributed by atoms with Gasteiger partial charge in [-0.2, -0.15) is 0 Å². The van der Waals surface area contributed by atoms with Crippen LogP contribution in [0.15, 0.2) is 0 Å². The van der Waals surface area contributed by atoms with Crippen LogP contribution in [0.3, 0.4) is 0 Å². The third kappa shape index (κ3) is 4.22. The Morgan fingerprint density at radius 3 is 2.44 bits per heavy atom. The summed E-state index contributed by atoms with van der Waals surface area (Å²) in [4.78, 5) is 24.6. The molecule has 9 heteroatoms. The van der Waals surface area contributed by atoms with Gasteiger partial charge in [-0.25, -0.2) is 0 Å². The molecule has 0 aromatic heterocycles. The monoisotopic (exact) mass is 435 g/mol. The highest BCUT2D eigenvalue weighted by molar-refractivity contribution is 7.99. The number of hydrogen-bond donors (Lipinski definition) is 3. The standard InChI is InChI=1S/C18H27Cl2N3O3S/c1-10-4-14(27-23-10)16(25)22-18-7-17(8-18,9-18)21-15(24)6-26-11-2-3-12(19)13(20)5-11/h10-14,23H,2-9H2,1H3,(H,21,24)(H,22,25). The molecule has 152 valence electrons. The van der Waals surface area contributed by atoms with Crippen molar-refractivity contribution in [2.75, 3.05) is 6.61 Å². The molecule has 27 heavy (non-hydrogen) atoms. The maximum absolute atomic E-state index is 12.4. The highest BCUT2D eigenvalue weighted by Crippen LogP contribution is 2.60. The Morgan fingerprint density at radius 2 is 1.81 bits per heavy atom. The molecule has 4 aliphatic carbocycles. The van der Waals surface area contributed by atoms with E-state index >= 15 is 0 Å². The van der Waals surface area contributed by atoms with E-state index in [-0.39, 0.29) is 51.6 Å². The topological polar surface area (TPSA) is 79.5 Å². The van der Waals surface area contributed by atoms with Gasteiger partial charge >= 0.3 is 0 Å². The molecule has 0 radical (unpaired) electrons. The minimum absolute atomic E-state index is 0.00542. The van der Waals surface area contributed by atoms with Gasteiger partial charge in [0.1, 0.15) is 6.61 Å². The van der Waals surface area contributed by atoms with Crippen molar-refractivity contribution in [2.24, 2.45) is 0 Å². The van der Waals surface area contributed by atoms with Crippen LogP contribution in [-0.4, -0.2) is 57.6 Å². The zero-order chi connectivity index (χ0) is 19.2. The molecule has 1 saturated heterocycles. The van der Waals surface area contributed by atoms with E-state index in [1.165, 1.54) is 11.9 Å². The minimum atomic E-state index is -0.148. The zero-order valence-corrected chi connectivity index (χ0v) is 17.8. The molecule has 3 N–H and O–H groups in total. The van der Waals surface area contributed by atoms with Gasteiger partial charge in [-0.15, -0.1) is 23.2 Å². The Bertz CT molecular complexity index is 603. The molecule has 0 aromatic rings. The third-order valence-corrected chi connectivity index (χ3v) is 8.55. The maximum Gasteiger partial charge on any atom is 0.246 e. The first kappa shape index (κ1) is 20.1. The molecule has 4 saturated carbocycles. The summed E-state index contributed by atoms with van der Waals surface area (Å²) in [7, 11) is 0. The van der Waals surface area contributed by atoms with Crippen molar-refractivity contribution < 1.29 is 14.3 Å². The molecule has 5 rings (SSSR count). The number of halogens is 2. The molecule has 2 bridgehead atoms. The first-order valence-corrected chi connectivity index (χ1v) is 11.5. The van der Waals surface area contributed by atoms with Crippen molar-refractivity contribution in [3.8, 4) is 0 Å². The third-order valence-electron chi connectivity index (χ3n) is 6.19. The predicted molar refractivity (Wildman–Crippen MR) is 107 cm³/mol. The van der Waals surface area contributed by atoms with E-state index in [1.807, 2.05) is 0 Å². The summed E-state index contributed by atoms with van der Waals surface area (Å²) in [6.07, 6.45) is 5.68. The van der Waals surface area contributed by atoms with Gasteiger partial charge in [-0.3, -0.25) is 14.3 Å². The highest BCUT2D eigenvalue weighted by Gasteiger charge is 2.69. The molecule has 1 heterocycles. The molecule has 2 amide bonds. The summed E-state index contributed by atoms with van der Waals surface area (Å²) in [5, 5.41) is 6.19. The van der Waals surface area contributed by atoms with E-state index < -0.39 is 0 Å². The van der Waals surface area contributed by atoms with E-state index in [0.29, 0.717) is 12.5 Å².